The molecule has 0 aromatic heterocycles. The zero-order valence-corrected chi connectivity index (χ0v) is 12.1. The van der Waals surface area contributed by atoms with E-state index in [0.29, 0.717) is 6.42 Å². The Bertz CT molecular complexity index is 375. The highest BCUT2D eigenvalue weighted by Crippen LogP contribution is 2.41. The Kier molecular flexibility index (Phi) is 3.11. The van der Waals surface area contributed by atoms with Crippen LogP contribution in [0.1, 0.15) is 19.3 Å². The third-order valence-corrected chi connectivity index (χ3v) is 7.28. The number of nitrogens with one attached hydrogen (secondary N) is 2. The predicted octanol–water partition coefficient (Wildman–Crippen LogP) is 1.40. The molecule has 1 spiro atoms. The van der Waals surface area contributed by atoms with E-state index in [0.717, 1.165) is 18.9 Å². The molecule has 2 amide bonds. The summed E-state index contributed by atoms with van der Waals surface area (Å²) < 4.78 is 0. The van der Waals surface area contributed by atoms with Crippen LogP contribution in [0.3, 0.4) is 0 Å². The fraction of sp³-hybridized carbons (Fsp3) is 0.727. The Morgan fingerprint density at radius 1 is 1.18 bits per heavy atom. The van der Waals surface area contributed by atoms with Gasteiger partial charge in [0.15, 0.2) is 5.11 Å². The number of amides is 2. The fourth-order valence-corrected chi connectivity index (χ4v) is 6.69. The van der Waals surface area contributed by atoms with Crippen LogP contribution in [0.25, 0.3) is 0 Å². The van der Waals surface area contributed by atoms with Crippen LogP contribution < -0.4 is 10.6 Å². The van der Waals surface area contributed by atoms with E-state index in [4.69, 9.17) is 12.2 Å². The Hall–Kier alpha value is -0.753. The maximum absolute atomic E-state index is 12.2. The molecule has 2 aliphatic heterocycles. The molecule has 0 aromatic rings. The average molecular weight is 270 g/mol. The van der Waals surface area contributed by atoms with E-state index in [-0.39, 0.29) is 16.9 Å². The summed E-state index contributed by atoms with van der Waals surface area (Å²) in [5.41, 5.74) is -0.853. The molecule has 2 heterocycles. The number of carbonyl (C=O) groups is 2. The number of carbonyl (C=O) groups excluding carboxylic acids is 2. The van der Waals surface area contributed by atoms with Gasteiger partial charge in [-0.25, -0.2) is 0 Å². The van der Waals surface area contributed by atoms with Crippen LogP contribution in [0, 0.1) is 5.41 Å². The van der Waals surface area contributed by atoms with Crippen molar-refractivity contribution >= 4 is 37.2 Å². The van der Waals surface area contributed by atoms with E-state index < -0.39 is 13.5 Å². The normalized spacial score (nSPS) is 27.3. The van der Waals surface area contributed by atoms with Crippen LogP contribution in [0.2, 0.25) is 25.2 Å². The topological polar surface area (TPSA) is 58.2 Å². The van der Waals surface area contributed by atoms with Gasteiger partial charge >= 0.3 is 0 Å². The van der Waals surface area contributed by atoms with E-state index in [1.807, 2.05) is 0 Å². The van der Waals surface area contributed by atoms with E-state index in [1.165, 1.54) is 6.04 Å². The van der Waals surface area contributed by atoms with Crippen molar-refractivity contribution in [2.45, 2.75) is 44.4 Å². The van der Waals surface area contributed by atoms with Gasteiger partial charge in [-0.1, -0.05) is 32.0 Å². The van der Waals surface area contributed by atoms with Gasteiger partial charge in [0.05, 0.1) is 0 Å². The van der Waals surface area contributed by atoms with E-state index in [2.05, 4.69) is 23.7 Å². The molecular weight excluding hydrogens is 252 g/mol. The molecule has 0 aliphatic carbocycles. The summed E-state index contributed by atoms with van der Waals surface area (Å²) in [5.74, 6) is -0.373. The SMILES string of the molecule is C[Si]1(C)CCCCC2(C1)C(=O)NC(=S)NC2=O. The fourth-order valence-electron chi connectivity index (χ4n) is 2.99. The van der Waals surface area contributed by atoms with Crippen molar-refractivity contribution in [2.75, 3.05) is 0 Å². The van der Waals surface area contributed by atoms with Gasteiger partial charge < -0.3 is 10.6 Å². The van der Waals surface area contributed by atoms with Gasteiger partial charge in [-0.05, 0) is 24.7 Å². The Morgan fingerprint density at radius 2 is 1.76 bits per heavy atom. The molecular formula is C11H18N2O2SSi. The molecule has 4 nitrogen and oxygen atoms in total. The average Bonchev–Trinajstić information content (AvgIpc) is 2.35. The number of rotatable bonds is 0. The van der Waals surface area contributed by atoms with E-state index in [1.54, 1.807) is 0 Å². The molecule has 0 saturated carbocycles. The lowest BCUT2D eigenvalue weighted by Gasteiger charge is -2.37. The molecule has 2 N–H and O–H groups in total. The second-order valence-corrected chi connectivity index (χ2v) is 11.5. The zero-order chi connectivity index (χ0) is 12.7. The molecule has 0 bridgehead atoms. The maximum Gasteiger partial charge on any atom is 0.241 e. The lowest BCUT2D eigenvalue weighted by molar-refractivity contribution is -0.142. The second-order valence-electron chi connectivity index (χ2n) is 5.87. The summed E-state index contributed by atoms with van der Waals surface area (Å²) in [6.07, 6.45) is 2.74. The summed E-state index contributed by atoms with van der Waals surface area (Å²) in [7, 11) is -1.47. The monoisotopic (exact) mass is 270 g/mol. The largest absolute Gasteiger partial charge is 0.302 e. The first kappa shape index (κ1) is 12.7. The molecule has 2 saturated heterocycles. The summed E-state index contributed by atoms with van der Waals surface area (Å²) in [5, 5.41) is 5.38. The Labute approximate surface area is 108 Å². The molecule has 17 heavy (non-hydrogen) atoms. The van der Waals surface area contributed by atoms with Gasteiger partial charge in [-0.3, -0.25) is 9.59 Å². The molecule has 0 atom stereocenters. The van der Waals surface area contributed by atoms with Gasteiger partial charge in [0.2, 0.25) is 11.8 Å². The highest BCUT2D eigenvalue weighted by molar-refractivity contribution is 7.80. The highest BCUT2D eigenvalue weighted by Gasteiger charge is 2.52. The van der Waals surface area contributed by atoms with E-state index in [9.17, 15) is 9.59 Å². The van der Waals surface area contributed by atoms with Crippen molar-refractivity contribution in [1.29, 1.82) is 0 Å². The standard InChI is InChI=1S/C11H18N2O2SSi/c1-17(2)6-4-3-5-11(7-17)8(14)12-10(16)13-9(11)15/h3-7H2,1-2H3,(H2,12,13,14,15,16). The van der Waals surface area contributed by atoms with E-state index >= 15 is 0 Å². The van der Waals surface area contributed by atoms with Crippen molar-refractivity contribution in [2.24, 2.45) is 5.41 Å². The second kappa shape index (κ2) is 4.17. The van der Waals surface area contributed by atoms with Gasteiger partial charge in [0.25, 0.3) is 0 Å². The predicted molar refractivity (Wildman–Crippen MR) is 72.3 cm³/mol. The minimum atomic E-state index is -1.47. The Balaban J connectivity index is 2.35. The number of thiocarbonyl (C=S) groups is 1. The summed E-state index contributed by atoms with van der Waals surface area (Å²) in [6, 6.07) is 1.93. The third kappa shape index (κ3) is 2.28. The first-order chi connectivity index (χ1) is 7.86. The first-order valence-corrected chi connectivity index (χ1v) is 9.85. The molecule has 2 fully saturated rings. The lowest BCUT2D eigenvalue weighted by atomic mass is 9.81. The molecule has 0 unspecified atom stereocenters. The highest BCUT2D eigenvalue weighted by atomic mass is 32.1. The minimum Gasteiger partial charge on any atom is -0.302 e. The van der Waals surface area contributed by atoms with Crippen molar-refractivity contribution in [1.82, 2.24) is 10.6 Å². The summed E-state index contributed by atoms with van der Waals surface area (Å²) in [4.78, 5) is 24.4. The van der Waals surface area contributed by atoms with Crippen LogP contribution in [-0.2, 0) is 9.59 Å². The lowest BCUT2D eigenvalue weighted by Crippen LogP contribution is -2.63. The maximum atomic E-state index is 12.2. The van der Waals surface area contributed by atoms with Crippen LogP contribution in [0.15, 0.2) is 0 Å². The number of hydrogen-bond acceptors (Lipinski definition) is 3. The first-order valence-electron chi connectivity index (χ1n) is 6.03. The molecule has 0 aromatic carbocycles. The minimum absolute atomic E-state index is 0.148. The quantitative estimate of drug-likeness (QED) is 0.397. The van der Waals surface area contributed by atoms with Crippen molar-refractivity contribution < 1.29 is 9.59 Å². The van der Waals surface area contributed by atoms with Crippen LogP contribution in [-0.4, -0.2) is 25.0 Å². The molecule has 94 valence electrons. The molecule has 6 heteroatoms. The Morgan fingerprint density at radius 3 is 2.35 bits per heavy atom. The van der Waals surface area contributed by atoms with Gasteiger partial charge in [-0.15, -0.1) is 0 Å². The van der Waals surface area contributed by atoms with Gasteiger partial charge in [-0.2, -0.15) is 0 Å². The summed E-state index contributed by atoms with van der Waals surface area (Å²) >= 11 is 4.85. The van der Waals surface area contributed by atoms with Crippen molar-refractivity contribution in [3.63, 3.8) is 0 Å². The zero-order valence-electron chi connectivity index (χ0n) is 10.3. The number of hydrogen-bond donors (Lipinski definition) is 2. The van der Waals surface area contributed by atoms with Gasteiger partial charge in [0, 0.05) is 8.07 Å². The van der Waals surface area contributed by atoms with Gasteiger partial charge in [0.1, 0.15) is 5.41 Å². The van der Waals surface area contributed by atoms with Crippen LogP contribution in [0.4, 0.5) is 0 Å². The van der Waals surface area contributed by atoms with Crippen molar-refractivity contribution in [3.05, 3.63) is 0 Å². The molecule has 0 radical (unpaired) electrons. The summed E-state index contributed by atoms with van der Waals surface area (Å²) in [6.45, 7) is 4.51. The van der Waals surface area contributed by atoms with Crippen molar-refractivity contribution in [3.8, 4) is 0 Å². The van der Waals surface area contributed by atoms with Crippen LogP contribution >= 0.6 is 12.2 Å². The smallest absolute Gasteiger partial charge is 0.241 e. The molecule has 2 rings (SSSR count). The third-order valence-electron chi connectivity index (χ3n) is 3.81. The molecule has 2 aliphatic rings. The van der Waals surface area contributed by atoms with Crippen LogP contribution in [0.5, 0.6) is 0 Å².